The molecule has 0 bridgehead atoms. The predicted octanol–water partition coefficient (Wildman–Crippen LogP) is 0.644. The third-order valence-electron chi connectivity index (χ3n) is 4.50. The zero-order valence-electron chi connectivity index (χ0n) is 12.4. The molecule has 0 aromatic rings. The van der Waals surface area contributed by atoms with Gasteiger partial charge in [-0.05, 0) is 18.8 Å². The van der Waals surface area contributed by atoms with E-state index < -0.39 is 11.9 Å². The van der Waals surface area contributed by atoms with Gasteiger partial charge < -0.3 is 19.6 Å². The highest BCUT2D eigenvalue weighted by molar-refractivity contribution is 5.78. The minimum absolute atomic E-state index is 0.0286. The van der Waals surface area contributed by atoms with Crippen LogP contribution in [0, 0.1) is 17.8 Å². The van der Waals surface area contributed by atoms with Crippen LogP contribution in [0.5, 0.6) is 0 Å². The van der Waals surface area contributed by atoms with E-state index in [2.05, 4.69) is 0 Å². The molecular weight excluding hydrogens is 276 g/mol. The van der Waals surface area contributed by atoms with Gasteiger partial charge in [0.15, 0.2) is 0 Å². The summed E-state index contributed by atoms with van der Waals surface area (Å²) in [6.45, 7) is 3.64. The second kappa shape index (κ2) is 6.32. The average Bonchev–Trinajstić information content (AvgIpc) is 2.88. The van der Waals surface area contributed by atoms with Gasteiger partial charge in [0.05, 0.1) is 18.9 Å². The third-order valence-corrected chi connectivity index (χ3v) is 4.50. The lowest BCUT2D eigenvalue weighted by molar-refractivity contribution is -0.147. The van der Waals surface area contributed by atoms with Gasteiger partial charge in [0.25, 0.3) is 0 Å². The van der Waals surface area contributed by atoms with Crippen LogP contribution in [-0.4, -0.2) is 66.2 Å². The predicted molar refractivity (Wildman–Crippen MR) is 73.6 cm³/mol. The molecule has 0 spiro atoms. The Kier molecular flexibility index (Phi) is 4.69. The van der Waals surface area contributed by atoms with Crippen molar-refractivity contribution >= 4 is 18.0 Å². The zero-order valence-corrected chi connectivity index (χ0v) is 12.4. The standard InChI is InChI=1S/C14H22N2O5/c1-9-7-16(8-11(9)12(17)18)14(20)15-5-3-10(4-6-15)13(19)21-2/h9-11H,3-8H2,1-2H3,(H,17,18). The number of carbonyl (C=O) groups is 3. The van der Waals surface area contributed by atoms with Gasteiger partial charge in [-0.3, -0.25) is 9.59 Å². The fourth-order valence-corrected chi connectivity index (χ4v) is 3.12. The summed E-state index contributed by atoms with van der Waals surface area (Å²) >= 11 is 0. The summed E-state index contributed by atoms with van der Waals surface area (Å²) in [5.41, 5.74) is 0. The van der Waals surface area contributed by atoms with Crippen LogP contribution >= 0.6 is 0 Å². The van der Waals surface area contributed by atoms with Crippen LogP contribution in [0.4, 0.5) is 4.79 Å². The molecule has 2 saturated heterocycles. The largest absolute Gasteiger partial charge is 0.481 e. The van der Waals surface area contributed by atoms with Crippen molar-refractivity contribution in [3.63, 3.8) is 0 Å². The number of likely N-dealkylation sites (tertiary alicyclic amines) is 2. The second-order valence-corrected chi connectivity index (χ2v) is 5.89. The number of esters is 1. The lowest BCUT2D eigenvalue weighted by Crippen LogP contribution is -2.47. The van der Waals surface area contributed by atoms with Crippen molar-refractivity contribution in [3.05, 3.63) is 0 Å². The van der Waals surface area contributed by atoms with Gasteiger partial charge in [0.2, 0.25) is 0 Å². The lowest BCUT2D eigenvalue weighted by atomic mass is 9.97. The number of amides is 2. The Morgan fingerprint density at radius 3 is 2.19 bits per heavy atom. The molecule has 7 nitrogen and oxygen atoms in total. The average molecular weight is 298 g/mol. The first kappa shape index (κ1) is 15.6. The van der Waals surface area contributed by atoms with Gasteiger partial charge in [-0.2, -0.15) is 0 Å². The van der Waals surface area contributed by atoms with E-state index in [4.69, 9.17) is 9.84 Å². The number of urea groups is 1. The van der Waals surface area contributed by atoms with E-state index >= 15 is 0 Å². The van der Waals surface area contributed by atoms with Gasteiger partial charge in [-0.15, -0.1) is 0 Å². The smallest absolute Gasteiger partial charge is 0.320 e. The van der Waals surface area contributed by atoms with Crippen molar-refractivity contribution in [3.8, 4) is 0 Å². The van der Waals surface area contributed by atoms with E-state index in [0.717, 1.165) is 0 Å². The van der Waals surface area contributed by atoms with E-state index in [9.17, 15) is 14.4 Å². The minimum atomic E-state index is -0.845. The Morgan fingerprint density at radius 2 is 1.71 bits per heavy atom. The third kappa shape index (κ3) is 3.28. The fraction of sp³-hybridized carbons (Fsp3) is 0.786. The zero-order chi connectivity index (χ0) is 15.6. The second-order valence-electron chi connectivity index (χ2n) is 5.89. The van der Waals surface area contributed by atoms with Crippen molar-refractivity contribution < 1.29 is 24.2 Å². The maximum atomic E-state index is 12.4. The summed E-state index contributed by atoms with van der Waals surface area (Å²) in [7, 11) is 1.37. The first-order valence-electron chi connectivity index (χ1n) is 7.28. The van der Waals surface area contributed by atoms with E-state index in [1.54, 1.807) is 9.80 Å². The summed E-state index contributed by atoms with van der Waals surface area (Å²) < 4.78 is 4.72. The molecule has 2 unspecified atom stereocenters. The van der Waals surface area contributed by atoms with Crippen molar-refractivity contribution in [1.82, 2.24) is 9.80 Å². The molecule has 2 aliphatic heterocycles. The molecule has 2 rings (SSSR count). The number of hydrogen-bond acceptors (Lipinski definition) is 4. The highest BCUT2D eigenvalue weighted by Gasteiger charge is 2.39. The Hall–Kier alpha value is -1.79. The molecule has 0 aromatic heterocycles. The number of nitrogens with zero attached hydrogens (tertiary/aromatic N) is 2. The molecule has 0 aromatic carbocycles. The Bertz CT molecular complexity index is 431. The number of piperidine rings is 1. The number of carbonyl (C=O) groups excluding carboxylic acids is 2. The minimum Gasteiger partial charge on any atom is -0.481 e. The topological polar surface area (TPSA) is 87.2 Å². The van der Waals surface area contributed by atoms with Crippen LogP contribution in [0.15, 0.2) is 0 Å². The number of aliphatic carboxylic acids is 1. The van der Waals surface area contributed by atoms with Crippen LogP contribution in [0.2, 0.25) is 0 Å². The molecule has 2 amide bonds. The first-order chi connectivity index (χ1) is 9.93. The van der Waals surface area contributed by atoms with Gasteiger partial charge in [-0.1, -0.05) is 6.92 Å². The Labute approximate surface area is 123 Å². The van der Waals surface area contributed by atoms with Crippen molar-refractivity contribution in [2.75, 3.05) is 33.3 Å². The van der Waals surface area contributed by atoms with E-state index in [1.165, 1.54) is 7.11 Å². The number of hydrogen-bond donors (Lipinski definition) is 1. The summed E-state index contributed by atoms with van der Waals surface area (Å²) in [6, 6.07) is -0.117. The number of methoxy groups -OCH3 is 1. The SMILES string of the molecule is COC(=O)C1CCN(C(=O)N2CC(C)C(C(=O)O)C2)CC1. The molecule has 7 heteroatoms. The number of carboxylic acids is 1. The normalized spacial score (nSPS) is 26.8. The van der Waals surface area contributed by atoms with Crippen molar-refractivity contribution in [2.24, 2.45) is 17.8 Å². The maximum absolute atomic E-state index is 12.4. The molecule has 2 aliphatic rings. The lowest BCUT2D eigenvalue weighted by Gasteiger charge is -2.33. The van der Waals surface area contributed by atoms with E-state index in [0.29, 0.717) is 32.5 Å². The number of rotatable bonds is 2. The molecule has 0 aliphatic carbocycles. The van der Waals surface area contributed by atoms with Crippen LogP contribution in [-0.2, 0) is 14.3 Å². The van der Waals surface area contributed by atoms with Gasteiger partial charge in [0, 0.05) is 26.2 Å². The first-order valence-corrected chi connectivity index (χ1v) is 7.28. The Morgan fingerprint density at radius 1 is 1.10 bits per heavy atom. The molecule has 21 heavy (non-hydrogen) atoms. The molecule has 2 atom stereocenters. The van der Waals surface area contributed by atoms with Crippen LogP contribution in [0.25, 0.3) is 0 Å². The number of ether oxygens (including phenoxy) is 1. The highest BCUT2D eigenvalue weighted by atomic mass is 16.5. The number of carboxylic acid groups (broad SMARTS) is 1. The molecule has 118 valence electrons. The molecule has 2 heterocycles. The summed E-state index contributed by atoms with van der Waals surface area (Å²) in [6.07, 6.45) is 1.20. The van der Waals surface area contributed by atoms with Crippen molar-refractivity contribution in [1.29, 1.82) is 0 Å². The monoisotopic (exact) mass is 298 g/mol. The van der Waals surface area contributed by atoms with Crippen LogP contribution in [0.3, 0.4) is 0 Å². The van der Waals surface area contributed by atoms with Crippen LogP contribution < -0.4 is 0 Å². The molecule has 0 radical (unpaired) electrons. The summed E-state index contributed by atoms with van der Waals surface area (Å²) in [4.78, 5) is 38.3. The van der Waals surface area contributed by atoms with Crippen molar-refractivity contribution in [2.45, 2.75) is 19.8 Å². The van der Waals surface area contributed by atoms with Gasteiger partial charge >= 0.3 is 18.0 Å². The summed E-state index contributed by atoms with van der Waals surface area (Å²) in [5.74, 6) is -1.71. The van der Waals surface area contributed by atoms with E-state index in [1.807, 2.05) is 6.92 Å². The van der Waals surface area contributed by atoms with Gasteiger partial charge in [-0.25, -0.2) is 4.79 Å². The van der Waals surface area contributed by atoms with Gasteiger partial charge in [0.1, 0.15) is 0 Å². The highest BCUT2D eigenvalue weighted by Crippen LogP contribution is 2.26. The van der Waals surface area contributed by atoms with Crippen LogP contribution in [0.1, 0.15) is 19.8 Å². The Balaban J connectivity index is 1.88. The van der Waals surface area contributed by atoms with E-state index in [-0.39, 0.29) is 30.4 Å². The maximum Gasteiger partial charge on any atom is 0.320 e. The molecule has 2 fully saturated rings. The quantitative estimate of drug-likeness (QED) is 0.756. The molecular formula is C14H22N2O5. The fourth-order valence-electron chi connectivity index (χ4n) is 3.12. The molecule has 1 N–H and O–H groups in total. The summed E-state index contributed by atoms with van der Waals surface area (Å²) in [5, 5.41) is 9.11. The molecule has 0 saturated carbocycles.